The zero-order chi connectivity index (χ0) is 16.2. The molecule has 0 radical (unpaired) electrons. The van der Waals surface area contributed by atoms with Gasteiger partial charge in [-0.15, -0.1) is 0 Å². The third-order valence-electron chi connectivity index (χ3n) is 2.23. The minimum Gasteiger partial charge on any atom is -0.394 e. The maximum atomic E-state index is 11.8. The monoisotopic (exact) mass is 248 g/mol. The number of hydrogen-bond donors (Lipinski definition) is 4. The predicted octanol–water partition coefficient (Wildman–Crippen LogP) is -2.85. The van der Waals surface area contributed by atoms with Crippen LogP contribution in [0.1, 0.15) is 10.3 Å². The van der Waals surface area contributed by atoms with Crippen molar-refractivity contribution in [1.29, 1.82) is 0 Å². The molecule has 0 amide bonds. The van der Waals surface area contributed by atoms with E-state index in [0.717, 1.165) is 12.3 Å². The number of rotatable bonds is 2. The van der Waals surface area contributed by atoms with Crippen LogP contribution in [-0.4, -0.2) is 49.7 Å². The Morgan fingerprint density at radius 1 is 1.59 bits per heavy atom. The molecule has 8 nitrogen and oxygen atoms in total. The molecular weight excluding hydrogens is 232 g/mol. The van der Waals surface area contributed by atoms with Crippen LogP contribution in [0.3, 0.4) is 0 Å². The quantitative estimate of drug-likeness (QED) is 0.446. The van der Waals surface area contributed by atoms with E-state index in [2.05, 4.69) is 0 Å². The lowest BCUT2D eigenvalue weighted by Gasteiger charge is -2.16. The van der Waals surface area contributed by atoms with E-state index in [1.165, 1.54) is 0 Å². The van der Waals surface area contributed by atoms with Crippen molar-refractivity contribution < 1.29 is 25.6 Å². The van der Waals surface area contributed by atoms with E-state index in [4.69, 9.17) is 15.4 Å². The van der Waals surface area contributed by atoms with Gasteiger partial charge in [-0.25, -0.2) is 4.79 Å². The molecule has 1 aliphatic rings. The largest absolute Gasteiger partial charge is 0.394 e. The molecule has 0 spiro atoms. The zero-order valence-corrected chi connectivity index (χ0v) is 8.35. The predicted molar refractivity (Wildman–Crippen MR) is 54.3 cm³/mol. The van der Waals surface area contributed by atoms with Gasteiger partial charge in [-0.3, -0.25) is 14.3 Å². The first-order valence-electron chi connectivity index (χ1n) is 6.58. The van der Waals surface area contributed by atoms with Crippen LogP contribution < -0.4 is 11.2 Å². The van der Waals surface area contributed by atoms with Gasteiger partial charge in [0.15, 0.2) is 7.64 Å². The molecule has 1 aromatic heterocycles. The molecule has 1 unspecified atom stereocenters. The summed E-state index contributed by atoms with van der Waals surface area (Å²) >= 11 is 0. The molecule has 1 aliphatic heterocycles. The van der Waals surface area contributed by atoms with Crippen molar-refractivity contribution >= 4 is 0 Å². The van der Waals surface area contributed by atoms with E-state index < -0.39 is 42.3 Å². The van der Waals surface area contributed by atoms with Crippen molar-refractivity contribution in [2.24, 2.45) is 0 Å². The number of aromatic nitrogens is 2. The van der Waals surface area contributed by atoms with Crippen molar-refractivity contribution in [2.45, 2.75) is 24.5 Å². The first kappa shape index (κ1) is 7.77. The first-order valence-corrected chi connectivity index (χ1v) is 4.55. The normalized spacial score (nSPS) is 46.8. The van der Waals surface area contributed by atoms with Crippen molar-refractivity contribution in [3.8, 4) is 0 Å². The minimum absolute atomic E-state index is 0.0765. The molecule has 94 valence electrons. The maximum absolute atomic E-state index is 11.8. The van der Waals surface area contributed by atoms with Gasteiger partial charge in [0.25, 0.3) is 5.56 Å². The third kappa shape index (κ3) is 2.03. The number of H-pyrrole nitrogens is 1. The van der Waals surface area contributed by atoms with Crippen molar-refractivity contribution in [1.82, 2.24) is 9.54 Å². The van der Waals surface area contributed by atoms with E-state index in [1.807, 2.05) is 0 Å². The fraction of sp³-hybridized carbons (Fsp3) is 0.556. The summed E-state index contributed by atoms with van der Waals surface area (Å²) in [4.78, 5) is 22.8. The molecule has 1 saturated heterocycles. The lowest BCUT2D eigenvalue weighted by Crippen LogP contribution is -2.37. The summed E-state index contributed by atoms with van der Waals surface area (Å²) < 4.78 is 34.7. The summed E-state index contributed by atoms with van der Waals surface area (Å²) in [6.07, 6.45) is -9.41. The van der Waals surface area contributed by atoms with Crippen LogP contribution in [0.5, 0.6) is 0 Å². The van der Waals surface area contributed by atoms with Gasteiger partial charge in [-0.2, -0.15) is 0 Å². The lowest BCUT2D eigenvalue weighted by atomic mass is 10.1. The van der Waals surface area contributed by atoms with Gasteiger partial charge in [0.1, 0.15) is 18.3 Å². The van der Waals surface area contributed by atoms with Crippen molar-refractivity contribution in [2.75, 3.05) is 6.58 Å². The number of nitrogens with one attached hydrogen (secondary N) is 1. The molecule has 0 aliphatic carbocycles. The standard InChI is InChI=1S/C9H12N2O6/c12-3-4-6(14)7(15)8(17-4)11-2-1-5(13)10-9(11)16/h1-2,4,6-8,12,14-15H,3H2,(H,10,13,16)/t4-,6-,7-,8-/m1/s1/i3D,6D,7D/hD/t3?,4-,6-,7-,8-. The van der Waals surface area contributed by atoms with Crippen LogP contribution in [-0.2, 0) is 4.74 Å². The average Bonchev–Trinajstić information content (AvgIpc) is 2.55. The van der Waals surface area contributed by atoms with Crippen LogP contribution in [0.25, 0.3) is 0 Å². The Labute approximate surface area is 100 Å². The molecular formula is C9H12N2O6. The fourth-order valence-electron chi connectivity index (χ4n) is 1.42. The van der Waals surface area contributed by atoms with E-state index in [-0.39, 0.29) is 4.98 Å². The molecule has 1 aromatic rings. The minimum atomic E-state index is -3.12. The molecule has 1 fully saturated rings. The molecule has 5 atom stereocenters. The summed E-state index contributed by atoms with van der Waals surface area (Å²) in [5.41, 5.74) is -2.25. The van der Waals surface area contributed by atoms with Gasteiger partial charge in [-0.1, -0.05) is 0 Å². The zero-order valence-electron chi connectivity index (χ0n) is 12.3. The van der Waals surface area contributed by atoms with E-state index in [1.54, 1.807) is 0 Å². The summed E-state index contributed by atoms with van der Waals surface area (Å²) in [5.74, 6) is 0. The van der Waals surface area contributed by atoms with Gasteiger partial charge in [0, 0.05) is 12.3 Å². The highest BCUT2D eigenvalue weighted by atomic mass is 16.6. The summed E-state index contributed by atoms with van der Waals surface area (Å²) in [6.45, 7) is -2.16. The Bertz CT molecular complexity index is 669. The summed E-state index contributed by atoms with van der Waals surface area (Å²) in [7, 11) is 0. The summed E-state index contributed by atoms with van der Waals surface area (Å²) in [5, 5.41) is 28.9. The average molecular weight is 248 g/mol. The molecule has 0 bridgehead atoms. The van der Waals surface area contributed by atoms with Crippen LogP contribution in [0.4, 0.5) is 0 Å². The van der Waals surface area contributed by atoms with E-state index in [0.29, 0.717) is 4.57 Å². The highest BCUT2D eigenvalue weighted by molar-refractivity contribution is 4.92. The first-order chi connectivity index (χ1) is 9.51. The SMILES string of the molecule is [2H]C(O)[C@H]1O[C@@H](n2ccc(=O)n([2H])c2=O)[C@]([2H])(O)[C@]1([2H])O. The van der Waals surface area contributed by atoms with E-state index in [9.17, 15) is 19.8 Å². The Morgan fingerprint density at radius 3 is 2.88 bits per heavy atom. The van der Waals surface area contributed by atoms with Crippen LogP contribution >= 0.6 is 0 Å². The molecule has 2 rings (SSSR count). The Morgan fingerprint density at radius 2 is 2.29 bits per heavy atom. The highest BCUT2D eigenvalue weighted by Gasteiger charge is 2.43. The summed E-state index contributed by atoms with van der Waals surface area (Å²) in [6, 6.07) is 0.779. The topological polar surface area (TPSA) is 125 Å². The Hall–Kier alpha value is -1.48. The van der Waals surface area contributed by atoms with Crippen molar-refractivity contribution in [3.05, 3.63) is 33.1 Å². The number of ether oxygens (including phenoxy) is 1. The number of hydrogen-bond acceptors (Lipinski definition) is 6. The van der Waals surface area contributed by atoms with Crippen LogP contribution in [0.15, 0.2) is 21.9 Å². The molecule has 17 heavy (non-hydrogen) atoms. The fourth-order valence-corrected chi connectivity index (χ4v) is 1.42. The van der Waals surface area contributed by atoms with Gasteiger partial charge in [-0.05, 0) is 0 Å². The highest BCUT2D eigenvalue weighted by Crippen LogP contribution is 2.27. The van der Waals surface area contributed by atoms with Crippen molar-refractivity contribution in [3.63, 3.8) is 0 Å². The molecule has 2 heterocycles. The molecule has 0 saturated carbocycles. The smallest absolute Gasteiger partial charge is 0.330 e. The molecule has 0 aromatic carbocycles. The Balaban J connectivity index is 2.59. The Kier molecular flexibility index (Phi) is 2.02. The number of aliphatic hydroxyl groups is 3. The number of nitrogens with zero attached hydrogens (tertiary/aromatic N) is 1. The molecule has 8 heteroatoms. The second-order valence-corrected chi connectivity index (χ2v) is 3.28. The van der Waals surface area contributed by atoms with Gasteiger partial charge in [0.05, 0.1) is 10.7 Å². The van der Waals surface area contributed by atoms with E-state index >= 15 is 0 Å². The molecule has 4 N–H and O–H groups in total. The van der Waals surface area contributed by atoms with Gasteiger partial charge >= 0.3 is 5.69 Å². The number of aliphatic hydroxyl groups excluding tert-OH is 1. The maximum Gasteiger partial charge on any atom is 0.330 e. The number of aromatic amines is 1. The second kappa shape index (κ2) is 4.41. The lowest BCUT2D eigenvalue weighted by molar-refractivity contribution is -0.0550. The third-order valence-corrected chi connectivity index (χ3v) is 2.23. The van der Waals surface area contributed by atoms with Crippen LogP contribution in [0, 0.1) is 0 Å². The van der Waals surface area contributed by atoms with Gasteiger partial charge in [0.2, 0.25) is 0 Å². The van der Waals surface area contributed by atoms with Gasteiger partial charge < -0.3 is 20.1 Å². The van der Waals surface area contributed by atoms with Crippen LogP contribution in [0.2, 0.25) is 1.41 Å². The second-order valence-electron chi connectivity index (χ2n) is 3.28.